The molecule has 3 nitrogen and oxygen atoms in total. The second-order valence-electron chi connectivity index (χ2n) is 5.05. The molecule has 1 aromatic heterocycles. The number of methoxy groups -OCH3 is 1. The molecule has 1 heterocycles. The van der Waals surface area contributed by atoms with Gasteiger partial charge < -0.3 is 4.74 Å². The normalized spacial score (nSPS) is 10.6. The summed E-state index contributed by atoms with van der Waals surface area (Å²) in [6.45, 7) is 4.08. The highest BCUT2D eigenvalue weighted by Gasteiger charge is 2.12. The summed E-state index contributed by atoms with van der Waals surface area (Å²) in [6.07, 6.45) is 0. The largest absolute Gasteiger partial charge is 0.480 e. The minimum Gasteiger partial charge on any atom is -0.480 e. The van der Waals surface area contributed by atoms with Crippen molar-refractivity contribution in [2.75, 3.05) is 7.11 Å². The zero-order valence-corrected chi connectivity index (χ0v) is 12.5. The number of hydrogen-bond donors (Lipinski definition) is 0. The van der Waals surface area contributed by atoms with E-state index < -0.39 is 0 Å². The first kappa shape index (κ1) is 13.4. The van der Waals surface area contributed by atoms with Crippen LogP contribution in [0, 0.1) is 13.8 Å². The molecule has 106 valence electrons. The number of ether oxygens (including phenoxy) is 1. The molecule has 0 bridgehead atoms. The van der Waals surface area contributed by atoms with Crippen LogP contribution in [0.4, 0.5) is 0 Å². The summed E-state index contributed by atoms with van der Waals surface area (Å²) >= 11 is 0. The predicted octanol–water partition coefficient (Wildman–Crippen LogP) is 4.16. The zero-order valence-electron chi connectivity index (χ0n) is 12.5. The van der Waals surface area contributed by atoms with Crippen molar-refractivity contribution in [3.05, 3.63) is 65.9 Å². The summed E-state index contributed by atoms with van der Waals surface area (Å²) in [7, 11) is 1.65. The van der Waals surface area contributed by atoms with Gasteiger partial charge in [0.15, 0.2) is 0 Å². The SMILES string of the molecule is COc1nn(-c2cccc(-c3ccccc3)c2)c(C)c1C. The molecule has 0 saturated heterocycles. The Morgan fingerprint density at radius 1 is 0.905 bits per heavy atom. The Labute approximate surface area is 124 Å². The molecule has 0 atom stereocenters. The van der Waals surface area contributed by atoms with Gasteiger partial charge >= 0.3 is 0 Å². The third-order valence-corrected chi connectivity index (χ3v) is 3.76. The number of aromatic nitrogens is 2. The highest BCUT2D eigenvalue weighted by atomic mass is 16.5. The Hall–Kier alpha value is -2.55. The van der Waals surface area contributed by atoms with Crippen LogP contribution in [0.5, 0.6) is 5.88 Å². The van der Waals surface area contributed by atoms with Crippen LogP contribution in [-0.4, -0.2) is 16.9 Å². The van der Waals surface area contributed by atoms with Crippen molar-refractivity contribution in [3.8, 4) is 22.7 Å². The van der Waals surface area contributed by atoms with E-state index in [1.54, 1.807) is 7.11 Å². The monoisotopic (exact) mass is 278 g/mol. The van der Waals surface area contributed by atoms with E-state index in [1.165, 1.54) is 11.1 Å². The molecule has 0 N–H and O–H groups in total. The lowest BCUT2D eigenvalue weighted by atomic mass is 10.1. The molecule has 0 aliphatic carbocycles. The number of nitrogens with zero attached hydrogens (tertiary/aromatic N) is 2. The van der Waals surface area contributed by atoms with E-state index in [2.05, 4.69) is 48.4 Å². The predicted molar refractivity (Wildman–Crippen MR) is 85.0 cm³/mol. The molecule has 3 heteroatoms. The van der Waals surface area contributed by atoms with Crippen molar-refractivity contribution in [1.29, 1.82) is 0 Å². The van der Waals surface area contributed by atoms with Crippen molar-refractivity contribution < 1.29 is 4.74 Å². The smallest absolute Gasteiger partial charge is 0.236 e. The maximum atomic E-state index is 5.31. The Bertz CT molecular complexity index is 760. The van der Waals surface area contributed by atoms with Gasteiger partial charge in [-0.3, -0.25) is 0 Å². The molecule has 0 aliphatic heterocycles. The summed E-state index contributed by atoms with van der Waals surface area (Å²) in [6, 6.07) is 18.7. The first-order valence-electron chi connectivity index (χ1n) is 6.97. The van der Waals surface area contributed by atoms with Gasteiger partial charge in [0.25, 0.3) is 0 Å². The summed E-state index contributed by atoms with van der Waals surface area (Å²) in [5, 5.41) is 4.53. The minimum absolute atomic E-state index is 0.678. The Morgan fingerprint density at radius 2 is 1.62 bits per heavy atom. The molecule has 0 saturated carbocycles. The minimum atomic E-state index is 0.678. The molecule has 2 aromatic carbocycles. The Balaban J connectivity index is 2.09. The van der Waals surface area contributed by atoms with Crippen LogP contribution in [0.25, 0.3) is 16.8 Å². The molecular weight excluding hydrogens is 260 g/mol. The molecule has 0 spiro atoms. The van der Waals surface area contributed by atoms with Crippen molar-refractivity contribution in [2.24, 2.45) is 0 Å². The Kier molecular flexibility index (Phi) is 3.48. The van der Waals surface area contributed by atoms with Gasteiger partial charge in [0.05, 0.1) is 12.8 Å². The van der Waals surface area contributed by atoms with Gasteiger partial charge in [-0.25, -0.2) is 4.68 Å². The maximum absolute atomic E-state index is 5.31. The molecule has 0 radical (unpaired) electrons. The average Bonchev–Trinajstić information content (AvgIpc) is 2.84. The molecule has 21 heavy (non-hydrogen) atoms. The van der Waals surface area contributed by atoms with E-state index in [4.69, 9.17) is 4.74 Å². The van der Waals surface area contributed by atoms with Crippen LogP contribution in [0.15, 0.2) is 54.6 Å². The first-order valence-corrected chi connectivity index (χ1v) is 6.97. The van der Waals surface area contributed by atoms with Gasteiger partial charge in [0.1, 0.15) is 0 Å². The van der Waals surface area contributed by atoms with E-state index in [0.29, 0.717) is 5.88 Å². The van der Waals surface area contributed by atoms with Crippen molar-refractivity contribution in [1.82, 2.24) is 9.78 Å². The van der Waals surface area contributed by atoms with E-state index in [-0.39, 0.29) is 0 Å². The van der Waals surface area contributed by atoms with Gasteiger partial charge in [0.2, 0.25) is 5.88 Å². The summed E-state index contributed by atoms with van der Waals surface area (Å²) in [4.78, 5) is 0. The van der Waals surface area contributed by atoms with E-state index in [9.17, 15) is 0 Å². The quantitative estimate of drug-likeness (QED) is 0.719. The highest BCUT2D eigenvalue weighted by molar-refractivity contribution is 5.65. The van der Waals surface area contributed by atoms with Crippen LogP contribution >= 0.6 is 0 Å². The van der Waals surface area contributed by atoms with Gasteiger partial charge in [-0.2, -0.15) is 0 Å². The fourth-order valence-electron chi connectivity index (χ4n) is 2.45. The number of hydrogen-bond acceptors (Lipinski definition) is 2. The van der Waals surface area contributed by atoms with Crippen LogP contribution in [0.1, 0.15) is 11.3 Å². The molecule has 0 unspecified atom stereocenters. The van der Waals surface area contributed by atoms with Crippen molar-refractivity contribution in [3.63, 3.8) is 0 Å². The summed E-state index contributed by atoms with van der Waals surface area (Å²) < 4.78 is 7.24. The topological polar surface area (TPSA) is 27.1 Å². The van der Waals surface area contributed by atoms with Crippen LogP contribution in [0.3, 0.4) is 0 Å². The summed E-state index contributed by atoms with van der Waals surface area (Å²) in [5.74, 6) is 0.678. The molecule has 3 rings (SSSR count). The molecular formula is C18H18N2O. The van der Waals surface area contributed by atoms with Gasteiger partial charge in [-0.1, -0.05) is 42.5 Å². The van der Waals surface area contributed by atoms with E-state index >= 15 is 0 Å². The number of rotatable bonds is 3. The highest BCUT2D eigenvalue weighted by Crippen LogP contribution is 2.26. The molecule has 0 aliphatic rings. The lowest BCUT2D eigenvalue weighted by molar-refractivity contribution is 0.391. The third-order valence-electron chi connectivity index (χ3n) is 3.76. The van der Waals surface area contributed by atoms with E-state index in [0.717, 1.165) is 16.9 Å². The lowest BCUT2D eigenvalue weighted by Gasteiger charge is -2.07. The lowest BCUT2D eigenvalue weighted by Crippen LogP contribution is -1.99. The van der Waals surface area contributed by atoms with E-state index in [1.807, 2.05) is 29.8 Å². The Morgan fingerprint density at radius 3 is 2.29 bits per heavy atom. The molecule has 0 fully saturated rings. The van der Waals surface area contributed by atoms with Gasteiger partial charge in [-0.05, 0) is 37.1 Å². The second-order valence-corrected chi connectivity index (χ2v) is 5.05. The maximum Gasteiger partial charge on any atom is 0.236 e. The standard InChI is InChI=1S/C18H18N2O/c1-13-14(2)20(19-18(13)21-3)17-11-7-10-16(12-17)15-8-5-4-6-9-15/h4-12H,1-3H3. The van der Waals surface area contributed by atoms with Crippen LogP contribution in [0.2, 0.25) is 0 Å². The zero-order chi connectivity index (χ0) is 14.8. The summed E-state index contributed by atoms with van der Waals surface area (Å²) in [5.41, 5.74) is 5.59. The second kappa shape index (κ2) is 5.44. The van der Waals surface area contributed by atoms with Crippen LogP contribution < -0.4 is 4.74 Å². The van der Waals surface area contributed by atoms with Crippen molar-refractivity contribution in [2.45, 2.75) is 13.8 Å². The number of benzene rings is 2. The molecule has 0 amide bonds. The third kappa shape index (κ3) is 2.42. The first-order chi connectivity index (χ1) is 10.2. The molecule has 3 aromatic rings. The van der Waals surface area contributed by atoms with Gasteiger partial charge in [-0.15, -0.1) is 5.10 Å². The fourth-order valence-corrected chi connectivity index (χ4v) is 2.45. The van der Waals surface area contributed by atoms with Crippen LogP contribution in [-0.2, 0) is 0 Å². The fraction of sp³-hybridized carbons (Fsp3) is 0.167. The van der Waals surface area contributed by atoms with Gasteiger partial charge in [0, 0.05) is 11.3 Å². The average molecular weight is 278 g/mol. The van der Waals surface area contributed by atoms with Crippen molar-refractivity contribution >= 4 is 0 Å².